The van der Waals surface area contributed by atoms with Gasteiger partial charge in [0.05, 0.1) is 63.4 Å². The van der Waals surface area contributed by atoms with Crippen molar-refractivity contribution in [2.45, 2.75) is 138 Å². The zero-order valence-electron chi connectivity index (χ0n) is 59.9. The summed E-state index contributed by atoms with van der Waals surface area (Å²) in [5.41, 5.74) is 7.39. The molecule has 2 aromatic heterocycles. The van der Waals surface area contributed by atoms with Crippen LogP contribution in [0.25, 0.3) is 21.8 Å². The van der Waals surface area contributed by atoms with Gasteiger partial charge in [0.25, 0.3) is 11.8 Å². The molecule has 2 fully saturated rings. The van der Waals surface area contributed by atoms with Crippen LogP contribution >= 0.6 is 11.8 Å². The van der Waals surface area contributed by atoms with Crippen molar-refractivity contribution < 1.29 is 102 Å². The topological polar surface area (TPSA) is 542 Å². The summed E-state index contributed by atoms with van der Waals surface area (Å²) in [4.78, 5) is 205. The molecule has 3 aliphatic rings. The third kappa shape index (κ3) is 23.8. The molecule has 0 saturated carbocycles. The first kappa shape index (κ1) is 83.2. The molecule has 0 bridgehead atoms. The van der Waals surface area contributed by atoms with Crippen molar-refractivity contribution in [3.05, 3.63) is 108 Å². The van der Waals surface area contributed by atoms with E-state index < -0.39 is 187 Å². The molecule has 5 heterocycles. The van der Waals surface area contributed by atoms with Gasteiger partial charge >= 0.3 is 29.9 Å². The largest absolute Gasteiger partial charge is 0.481 e. The average Bonchev–Trinajstić information content (AvgIpc) is 1.59. The Kier molecular flexibility index (Phi) is 30.5. The predicted octanol–water partition coefficient (Wildman–Crippen LogP) is -1.25. The van der Waals surface area contributed by atoms with Crippen molar-refractivity contribution in [1.29, 1.82) is 0 Å². The molecule has 586 valence electrons. The summed E-state index contributed by atoms with van der Waals surface area (Å²) < 4.78 is 11.2. The summed E-state index contributed by atoms with van der Waals surface area (Å²) in [7, 11) is 0. The fourth-order valence-electron chi connectivity index (χ4n) is 12.2. The Morgan fingerprint density at radius 1 is 0.587 bits per heavy atom. The smallest absolute Gasteiger partial charge is 0.327 e. The molecule has 3 aromatic carbocycles. The van der Waals surface area contributed by atoms with Crippen molar-refractivity contribution in [1.82, 2.24) is 78.2 Å². The number of aromatic nitrogens is 2. The summed E-state index contributed by atoms with van der Waals surface area (Å²) in [6, 6.07) is 10.2. The van der Waals surface area contributed by atoms with Crippen LogP contribution in [0.1, 0.15) is 76.0 Å². The standard InChI is InChI=1S/C70H89N17O21S/c1-4-71-23-22-70(2,3)87-59-58(83-84-87)64(98)86(65(59)99)25-27-108-29-28-107-26-24-85-56(91)33-52(63(85)97)109-38-51(68(104)105)77-55(90)37-74-60(94)48(31-40-34-72-44-16-10-8-14-42(40)44)78-62(96)49(32-41-35-73-45-17-11-9-15-43(41)45)76-54(89)36-75-61(95)50(30-39-12-6-5-7-13-39)81-82-53(88)20-18-46(66(100)101)79-69(106)80-47(67(102)103)19-21-57(92)93/h5-17,34-35,46-52,58-59,71-73,81H,4,18-33,36-38H2,1-3H3,(H,74,94)(H,75,95)(H,76,89)(H,77,90)(H,78,96)(H,82,88)(H,92,93)(H,100,101)(H,102,103)(H,104,105)(H2,79,80,106)/t46-,47-,48?,49?,50?,51?,52?,58?,59?/m0/s1. The fraction of sp³-hybridized carbons (Fsp3) is 0.471. The van der Waals surface area contributed by atoms with Gasteiger partial charge in [0, 0.05) is 72.1 Å². The molecule has 7 unspecified atom stereocenters. The van der Waals surface area contributed by atoms with E-state index in [0.29, 0.717) is 51.5 Å². The first-order valence-corrected chi connectivity index (χ1v) is 36.1. The van der Waals surface area contributed by atoms with Crippen LogP contribution in [-0.2, 0) is 95.9 Å². The van der Waals surface area contributed by atoms with Gasteiger partial charge in [-0.1, -0.05) is 78.9 Å². The lowest BCUT2D eigenvalue weighted by molar-refractivity contribution is -0.143. The Morgan fingerprint density at radius 2 is 1.12 bits per heavy atom. The maximum Gasteiger partial charge on any atom is 0.327 e. The number of hydrazine groups is 1. The van der Waals surface area contributed by atoms with Crippen molar-refractivity contribution in [3.63, 3.8) is 0 Å². The molecule has 3 aliphatic heterocycles. The molecule has 39 heteroatoms. The van der Waals surface area contributed by atoms with E-state index in [4.69, 9.17) is 14.6 Å². The van der Waals surface area contributed by atoms with Gasteiger partial charge < -0.3 is 82.4 Å². The number of hydrogen-bond donors (Lipinski definition) is 16. The van der Waals surface area contributed by atoms with Gasteiger partial charge in [-0.3, -0.25) is 73.0 Å². The summed E-state index contributed by atoms with van der Waals surface area (Å²) >= 11 is 0.826. The van der Waals surface area contributed by atoms with E-state index in [9.17, 15) is 87.2 Å². The summed E-state index contributed by atoms with van der Waals surface area (Å²) in [6.07, 6.45) is 0.904. The summed E-state index contributed by atoms with van der Waals surface area (Å²) in [5.74, 6) is -13.8. The number of thioether (sulfide) groups is 1. The maximum atomic E-state index is 14.8. The van der Waals surface area contributed by atoms with Gasteiger partial charge in [0.15, 0.2) is 12.1 Å². The molecule has 0 radical (unpaired) electrons. The van der Waals surface area contributed by atoms with Crippen LogP contribution < -0.4 is 53.4 Å². The second kappa shape index (κ2) is 40.0. The lowest BCUT2D eigenvalue weighted by Gasteiger charge is -2.36. The van der Waals surface area contributed by atoms with Crippen LogP contribution in [0.2, 0.25) is 0 Å². The van der Waals surface area contributed by atoms with Gasteiger partial charge in [0.2, 0.25) is 47.3 Å². The van der Waals surface area contributed by atoms with Crippen LogP contribution in [0.3, 0.4) is 0 Å². The number of imide groups is 2. The number of H-pyrrole nitrogens is 2. The number of carbonyl (C=O) groups excluding carboxylic acids is 11. The highest BCUT2D eigenvalue weighted by Crippen LogP contribution is 2.35. The van der Waals surface area contributed by atoms with E-state index in [1.807, 2.05) is 31.4 Å². The maximum absolute atomic E-state index is 14.8. The number of carboxylic acids is 4. The van der Waals surface area contributed by atoms with Crippen molar-refractivity contribution in [3.8, 4) is 0 Å². The van der Waals surface area contributed by atoms with Crippen molar-refractivity contribution >= 4 is 123 Å². The normalized spacial score (nSPS) is 17.1. The Hall–Kier alpha value is -11.4. The SMILES string of the molecule is CCNCCC(C)(C)N1N=NC2C(=O)N(CCOCCOCCN3C(=O)CC(SCC(NC(=O)CNC(=O)C(Cc4c[nH]c5ccccc45)NC(=O)C(Cc4c[nH]c5ccccc45)NC(=O)CNC(=O)C(Cc4ccccc4)NNC(=O)CC[C@H](NC(=O)N[C@@H](CCC(=O)O)C(=O)O)C(=O)O)C(=O)O)C3=O)C(=O)C21. The van der Waals surface area contributed by atoms with Crippen molar-refractivity contribution in [2.24, 2.45) is 10.3 Å². The molecule has 9 atom stereocenters. The number of nitrogens with zero attached hydrogens (tertiary/aromatic N) is 5. The second-order valence-electron chi connectivity index (χ2n) is 26.3. The Morgan fingerprint density at radius 3 is 1.69 bits per heavy atom. The van der Waals surface area contributed by atoms with Crippen LogP contribution in [0, 0.1) is 0 Å². The zero-order chi connectivity index (χ0) is 78.9. The number of aliphatic carboxylic acids is 4. The molecule has 0 aliphatic carbocycles. The number of fused-ring (bicyclic) bond motifs is 3. The number of nitrogens with one attached hydrogen (secondary N) is 12. The zero-order valence-corrected chi connectivity index (χ0v) is 60.7. The number of benzene rings is 3. The molecule has 12 amide bonds. The average molecular weight is 1540 g/mol. The third-order valence-corrected chi connectivity index (χ3v) is 19.4. The van der Waals surface area contributed by atoms with E-state index in [1.165, 1.54) is 0 Å². The van der Waals surface area contributed by atoms with E-state index in [-0.39, 0.29) is 71.0 Å². The molecule has 38 nitrogen and oxygen atoms in total. The van der Waals surface area contributed by atoms with Crippen LogP contribution in [0.5, 0.6) is 0 Å². The number of para-hydroxylation sites is 2. The highest BCUT2D eigenvalue weighted by Gasteiger charge is 2.57. The number of ether oxygens (including phenoxy) is 2. The molecule has 5 aromatic rings. The molecule has 109 heavy (non-hydrogen) atoms. The lowest BCUT2D eigenvalue weighted by atomic mass is 9.97. The van der Waals surface area contributed by atoms with Crippen LogP contribution in [0.15, 0.2) is 102 Å². The highest BCUT2D eigenvalue weighted by molar-refractivity contribution is 8.00. The Labute approximate surface area is 627 Å². The van der Waals surface area contributed by atoms with E-state index in [2.05, 4.69) is 63.1 Å². The van der Waals surface area contributed by atoms with E-state index >= 15 is 0 Å². The minimum absolute atomic E-state index is 0.0108. The number of rotatable bonds is 46. The first-order valence-electron chi connectivity index (χ1n) is 35.1. The number of likely N-dealkylation sites (tertiary alicyclic amines) is 2. The molecule has 16 N–H and O–H groups in total. The summed E-state index contributed by atoms with van der Waals surface area (Å²) in [6.45, 7) is 5.63. The van der Waals surface area contributed by atoms with Gasteiger partial charge in [-0.05, 0) is 81.4 Å². The van der Waals surface area contributed by atoms with Crippen LogP contribution in [-0.4, -0.2) is 265 Å². The molecular formula is C70H89N17O21S. The molecular weight excluding hydrogens is 1450 g/mol. The number of carboxylic acid groups (broad SMARTS) is 4. The van der Waals surface area contributed by atoms with Gasteiger partial charge in [-0.25, -0.2) is 24.6 Å². The van der Waals surface area contributed by atoms with Crippen molar-refractivity contribution in [2.75, 3.05) is 71.4 Å². The monoisotopic (exact) mass is 1540 g/mol. The van der Waals surface area contributed by atoms with E-state index in [0.717, 1.165) is 28.1 Å². The fourth-order valence-corrected chi connectivity index (χ4v) is 13.3. The lowest BCUT2D eigenvalue weighted by Crippen LogP contribution is -2.57. The highest BCUT2D eigenvalue weighted by atomic mass is 32.2. The molecule has 0 spiro atoms. The Bertz CT molecular complexity index is 4170. The quantitative estimate of drug-likeness (QED) is 0.0123. The summed E-state index contributed by atoms with van der Waals surface area (Å²) in [5, 5.41) is 68.5. The Balaban J connectivity index is 0.833. The predicted molar refractivity (Wildman–Crippen MR) is 387 cm³/mol. The van der Waals surface area contributed by atoms with Gasteiger partial charge in [-0.15, -0.1) is 11.8 Å². The number of carbonyl (C=O) groups is 15. The van der Waals surface area contributed by atoms with Gasteiger partial charge in [0.1, 0.15) is 36.3 Å². The number of urea groups is 1. The minimum atomic E-state index is -1.74. The van der Waals surface area contributed by atoms with Crippen LogP contribution in [0.4, 0.5) is 4.79 Å². The number of aromatic amines is 2. The minimum Gasteiger partial charge on any atom is -0.481 e. The molecule has 2 saturated heterocycles. The first-order chi connectivity index (χ1) is 52.1. The van der Waals surface area contributed by atoms with E-state index in [1.54, 1.807) is 96.3 Å². The molecule has 8 rings (SSSR count). The third-order valence-electron chi connectivity index (χ3n) is 18.1. The number of amides is 12. The van der Waals surface area contributed by atoms with Gasteiger partial charge in [-0.2, -0.15) is 5.11 Å². The second-order valence-corrected chi connectivity index (χ2v) is 27.6. The number of hydrogen-bond acceptors (Lipinski definition) is 23.